The van der Waals surface area contributed by atoms with Gasteiger partial charge < -0.3 is 21.7 Å². The Morgan fingerprint density at radius 3 is 2.35 bits per heavy atom. The molecular weight excluding hydrogens is 555 g/mol. The summed E-state index contributed by atoms with van der Waals surface area (Å²) in [7, 11) is 0. The van der Waals surface area contributed by atoms with E-state index in [1.165, 1.54) is 12.2 Å². The van der Waals surface area contributed by atoms with Crippen LogP contribution in [0.25, 0.3) is 5.57 Å². The van der Waals surface area contributed by atoms with Crippen LogP contribution in [0.4, 0.5) is 13.2 Å². The minimum atomic E-state index is -4.45. The Kier molecular flexibility index (Phi) is 15.9. The maximum absolute atomic E-state index is 13.4. The lowest BCUT2D eigenvalue weighted by molar-refractivity contribution is -0.141. The predicted molar refractivity (Wildman–Crippen MR) is 170 cm³/mol. The zero-order valence-corrected chi connectivity index (χ0v) is 25.9. The van der Waals surface area contributed by atoms with Gasteiger partial charge in [0.25, 0.3) is 0 Å². The molecule has 1 atom stereocenters. The van der Waals surface area contributed by atoms with Crippen molar-refractivity contribution in [1.29, 1.82) is 5.41 Å². The average Bonchev–Trinajstić information content (AvgIpc) is 3.22. The third kappa shape index (κ3) is 10.6. The average molecular weight is 604 g/mol. The fourth-order valence-electron chi connectivity index (χ4n) is 5.41. The number of piperidine rings is 1. The van der Waals surface area contributed by atoms with E-state index in [1.807, 2.05) is 64.1 Å². The van der Waals surface area contributed by atoms with E-state index in [0.29, 0.717) is 12.7 Å². The third-order valence-electron chi connectivity index (χ3n) is 7.47. The SMILES string of the molecule is C/C=C\C1=C(C)c2ccccc2C1(CCCCN1CCC(N)CC1)C(=O)NCC(F)(F)F.C=C/C=C(/C=O)C(=N)N.CC. The van der Waals surface area contributed by atoms with E-state index in [4.69, 9.17) is 16.9 Å². The first-order chi connectivity index (χ1) is 20.4. The van der Waals surface area contributed by atoms with Crippen molar-refractivity contribution < 1.29 is 22.8 Å². The highest BCUT2D eigenvalue weighted by molar-refractivity contribution is 6.11. The Labute approximate surface area is 254 Å². The van der Waals surface area contributed by atoms with Crippen molar-refractivity contribution in [2.45, 2.75) is 77.4 Å². The molecule has 7 nitrogen and oxygen atoms in total. The van der Waals surface area contributed by atoms with Gasteiger partial charge in [0.15, 0.2) is 6.29 Å². The number of likely N-dealkylation sites (tertiary alicyclic amines) is 1. The molecule has 238 valence electrons. The fraction of sp³-hybridized carbons (Fsp3) is 0.485. The van der Waals surface area contributed by atoms with Crippen molar-refractivity contribution in [2.75, 3.05) is 26.2 Å². The molecule has 1 unspecified atom stereocenters. The Hall–Kier alpha value is -3.50. The van der Waals surface area contributed by atoms with Gasteiger partial charge >= 0.3 is 6.18 Å². The standard InChI is InChI=1S/C25H34F3N3O.C6H8N2O.C2H6/c1-3-8-21-18(2)20-9-4-5-10-22(20)24(21,23(32)30-17-25(26,27)28)13-6-7-14-31-15-11-19(29)12-16-31;1-2-3-5(4-9)6(7)8;1-2/h3-5,8-10,19H,6-7,11-17,29H2,1-2H3,(H,30,32);2-4H,1H2,(H3,7,8);1-2H3/b8-3-;5-3-;. The number of carbonyl (C=O) groups excluding carboxylic acids is 2. The number of unbranched alkanes of at least 4 members (excludes halogenated alkanes) is 1. The number of carbonyl (C=O) groups is 2. The number of hydrogen-bond acceptors (Lipinski definition) is 5. The molecule has 0 bridgehead atoms. The summed E-state index contributed by atoms with van der Waals surface area (Å²) in [6.45, 7) is 12.7. The molecule has 1 amide bonds. The van der Waals surface area contributed by atoms with E-state index in [-0.39, 0.29) is 17.5 Å². The molecule has 1 aromatic carbocycles. The highest BCUT2D eigenvalue weighted by Crippen LogP contribution is 2.50. The zero-order chi connectivity index (χ0) is 32.6. The second-order valence-corrected chi connectivity index (χ2v) is 10.3. The molecule has 1 saturated heterocycles. The molecule has 0 radical (unpaired) electrons. The van der Waals surface area contributed by atoms with E-state index in [1.54, 1.807) is 0 Å². The number of nitrogens with two attached hydrogens (primary N) is 2. The summed E-state index contributed by atoms with van der Waals surface area (Å²) in [5.74, 6) is -0.805. The van der Waals surface area contributed by atoms with Crippen LogP contribution >= 0.6 is 0 Å². The van der Waals surface area contributed by atoms with Crippen LogP contribution in [0, 0.1) is 5.41 Å². The number of amides is 1. The normalized spacial score (nSPS) is 19.1. The number of aldehydes is 1. The van der Waals surface area contributed by atoms with Crippen molar-refractivity contribution >= 4 is 23.6 Å². The van der Waals surface area contributed by atoms with E-state index in [9.17, 15) is 22.8 Å². The second kappa shape index (κ2) is 18.2. The fourth-order valence-corrected chi connectivity index (χ4v) is 5.41. The van der Waals surface area contributed by atoms with Gasteiger partial charge in [-0.1, -0.05) is 69.3 Å². The summed E-state index contributed by atoms with van der Waals surface area (Å²) in [4.78, 5) is 25.8. The van der Waals surface area contributed by atoms with Gasteiger partial charge in [0, 0.05) is 6.04 Å². The lowest BCUT2D eigenvalue weighted by atomic mass is 9.72. The lowest BCUT2D eigenvalue weighted by Gasteiger charge is -2.33. The number of rotatable bonds is 11. The van der Waals surface area contributed by atoms with Gasteiger partial charge in [0.2, 0.25) is 5.91 Å². The lowest BCUT2D eigenvalue weighted by Crippen LogP contribution is -2.47. The second-order valence-electron chi connectivity index (χ2n) is 10.3. The van der Waals surface area contributed by atoms with Crippen LogP contribution in [-0.2, 0) is 15.0 Å². The molecule has 2 aliphatic rings. The number of nitrogens with zero attached hydrogens (tertiary/aromatic N) is 1. The Bertz CT molecular complexity index is 1180. The predicted octanol–water partition coefficient (Wildman–Crippen LogP) is 5.82. The van der Waals surface area contributed by atoms with Crippen LogP contribution < -0.4 is 16.8 Å². The van der Waals surface area contributed by atoms with E-state index >= 15 is 0 Å². The first-order valence-corrected chi connectivity index (χ1v) is 14.8. The molecular formula is C33H48F3N5O2. The van der Waals surface area contributed by atoms with Crippen molar-refractivity contribution in [2.24, 2.45) is 11.5 Å². The summed E-state index contributed by atoms with van der Waals surface area (Å²) in [6.07, 6.45) is 6.67. The number of nitrogens with one attached hydrogen (secondary N) is 2. The molecule has 0 spiro atoms. The number of benzene rings is 1. The number of halogens is 3. The van der Waals surface area contributed by atoms with Gasteiger partial charge in [-0.05, 0) is 87.5 Å². The zero-order valence-electron chi connectivity index (χ0n) is 25.9. The number of amidine groups is 1. The highest BCUT2D eigenvalue weighted by Gasteiger charge is 2.49. The Balaban J connectivity index is 0.000000720. The molecule has 1 heterocycles. The summed E-state index contributed by atoms with van der Waals surface area (Å²) in [5.41, 5.74) is 13.5. The Morgan fingerprint density at radius 2 is 1.84 bits per heavy atom. The van der Waals surface area contributed by atoms with Gasteiger partial charge in [-0.3, -0.25) is 15.0 Å². The van der Waals surface area contributed by atoms with Crippen LogP contribution in [0.2, 0.25) is 0 Å². The number of allylic oxidation sites excluding steroid dienone is 5. The molecule has 1 aliphatic heterocycles. The van der Waals surface area contributed by atoms with Gasteiger partial charge in [-0.15, -0.1) is 0 Å². The first kappa shape index (κ1) is 37.5. The van der Waals surface area contributed by atoms with E-state index in [2.05, 4.69) is 16.8 Å². The van der Waals surface area contributed by atoms with Gasteiger partial charge in [-0.25, -0.2) is 0 Å². The molecule has 3 rings (SSSR count). The highest BCUT2D eigenvalue weighted by atomic mass is 19.4. The van der Waals surface area contributed by atoms with Gasteiger partial charge in [-0.2, -0.15) is 13.2 Å². The van der Waals surface area contributed by atoms with Gasteiger partial charge in [0.05, 0.1) is 11.0 Å². The summed E-state index contributed by atoms with van der Waals surface area (Å²) >= 11 is 0. The van der Waals surface area contributed by atoms with Crippen molar-refractivity contribution in [3.63, 3.8) is 0 Å². The van der Waals surface area contributed by atoms with Crippen LogP contribution in [-0.4, -0.2) is 61.3 Å². The molecule has 0 saturated carbocycles. The smallest absolute Gasteiger partial charge is 0.384 e. The monoisotopic (exact) mass is 603 g/mol. The topological polar surface area (TPSA) is 125 Å². The first-order valence-electron chi connectivity index (χ1n) is 14.8. The molecule has 1 fully saturated rings. The number of hydrogen-bond donors (Lipinski definition) is 4. The molecule has 0 aromatic heterocycles. The largest absolute Gasteiger partial charge is 0.405 e. The van der Waals surface area contributed by atoms with Gasteiger partial charge in [0.1, 0.15) is 12.4 Å². The minimum absolute atomic E-state index is 0.157. The summed E-state index contributed by atoms with van der Waals surface area (Å²) in [5, 5.41) is 8.98. The van der Waals surface area contributed by atoms with Crippen LogP contribution in [0.5, 0.6) is 0 Å². The van der Waals surface area contributed by atoms with E-state index in [0.717, 1.165) is 67.6 Å². The van der Waals surface area contributed by atoms with Crippen molar-refractivity contribution in [3.8, 4) is 0 Å². The maximum Gasteiger partial charge on any atom is 0.405 e. The minimum Gasteiger partial charge on any atom is -0.384 e. The van der Waals surface area contributed by atoms with Crippen LogP contribution in [0.15, 0.2) is 66.3 Å². The quantitative estimate of drug-likeness (QED) is 0.0634. The van der Waals surface area contributed by atoms with Crippen molar-refractivity contribution in [3.05, 3.63) is 77.4 Å². The molecule has 10 heteroatoms. The Morgan fingerprint density at radius 1 is 1.21 bits per heavy atom. The third-order valence-corrected chi connectivity index (χ3v) is 7.47. The van der Waals surface area contributed by atoms with Crippen LogP contribution in [0.3, 0.4) is 0 Å². The molecule has 43 heavy (non-hydrogen) atoms. The summed E-state index contributed by atoms with van der Waals surface area (Å²) in [6, 6.07) is 7.87. The molecule has 6 N–H and O–H groups in total. The number of fused-ring (bicyclic) bond motifs is 1. The maximum atomic E-state index is 13.4. The van der Waals surface area contributed by atoms with Crippen LogP contribution in [0.1, 0.15) is 70.9 Å². The summed E-state index contributed by atoms with van der Waals surface area (Å²) < 4.78 is 38.8. The molecule has 1 aromatic rings. The van der Waals surface area contributed by atoms with E-state index < -0.39 is 24.0 Å². The molecule has 1 aliphatic carbocycles. The number of alkyl halides is 3. The van der Waals surface area contributed by atoms with Crippen molar-refractivity contribution in [1.82, 2.24) is 10.2 Å².